The molecule has 5 N–H and O–H groups in total. The summed E-state index contributed by atoms with van der Waals surface area (Å²) in [7, 11) is 1.42. The van der Waals surface area contributed by atoms with Gasteiger partial charge in [0.25, 0.3) is 11.7 Å². The monoisotopic (exact) mass is 980 g/mol. The molecule has 1 amide bonds. The molecule has 1 fully saturated rings. The highest BCUT2D eigenvalue weighted by Gasteiger charge is 2.51. The number of anilines is 1. The fourth-order valence-electron chi connectivity index (χ4n) is 10.1. The van der Waals surface area contributed by atoms with Crippen LogP contribution >= 0.6 is 0 Å². The molecule has 5 aliphatic heterocycles. The first-order chi connectivity index (χ1) is 33.6. The number of phenols is 2. The van der Waals surface area contributed by atoms with Crippen molar-refractivity contribution < 1.29 is 63.3 Å². The molecule has 3 aromatic carbocycles. The molecule has 0 saturated carbocycles. The van der Waals surface area contributed by atoms with E-state index in [-0.39, 0.29) is 50.5 Å². The zero-order valence-electron chi connectivity index (χ0n) is 42.2. The summed E-state index contributed by atoms with van der Waals surface area (Å²) < 4.78 is 29.7. The molecule has 5 aliphatic rings. The van der Waals surface area contributed by atoms with E-state index < -0.39 is 101 Å². The van der Waals surface area contributed by atoms with Gasteiger partial charge in [-0.15, -0.1) is 0 Å². The lowest BCUT2D eigenvalue weighted by molar-refractivity contribution is -0.168. The number of aromatic hydroxyl groups is 2. The second-order valence-electron chi connectivity index (χ2n) is 20.2. The molecule has 5 bridgehead atoms. The molecule has 17 heteroatoms. The smallest absolute Gasteiger partial charge is 0.317 e. The minimum atomic E-state index is -2.02. The number of hydrogen-bond donors (Lipinski definition) is 5. The third-order valence-electron chi connectivity index (χ3n) is 14.4. The van der Waals surface area contributed by atoms with Gasteiger partial charge in [-0.1, -0.05) is 90.1 Å². The van der Waals surface area contributed by atoms with Crippen LogP contribution in [0.1, 0.15) is 96.1 Å². The third-order valence-corrected chi connectivity index (χ3v) is 14.4. The summed E-state index contributed by atoms with van der Waals surface area (Å²) in [5, 5.41) is 51.1. The van der Waals surface area contributed by atoms with Crippen LogP contribution in [0.4, 0.5) is 5.69 Å². The first-order valence-electron chi connectivity index (χ1n) is 24.4. The van der Waals surface area contributed by atoms with Gasteiger partial charge in [-0.3, -0.25) is 24.2 Å². The van der Waals surface area contributed by atoms with Gasteiger partial charge in [-0.25, -0.2) is 4.99 Å². The van der Waals surface area contributed by atoms with E-state index in [1.807, 2.05) is 6.07 Å². The predicted molar refractivity (Wildman–Crippen MR) is 263 cm³/mol. The molecule has 9 atom stereocenters. The lowest BCUT2D eigenvalue weighted by atomic mass is 9.78. The molecule has 0 aliphatic carbocycles. The highest BCUT2D eigenvalue weighted by atomic mass is 16.7. The molecule has 3 aromatic rings. The number of piperidine rings is 1. The van der Waals surface area contributed by atoms with Crippen LogP contribution in [0.5, 0.6) is 17.2 Å². The molecule has 0 radical (unpaired) electrons. The lowest BCUT2D eigenvalue weighted by Crippen LogP contribution is -2.47. The Labute approximate surface area is 413 Å². The van der Waals surface area contributed by atoms with E-state index in [9.17, 15) is 39.6 Å². The van der Waals surface area contributed by atoms with Crippen molar-refractivity contribution in [2.75, 3.05) is 32.1 Å². The Kier molecular flexibility index (Phi) is 15.8. The quantitative estimate of drug-likeness (QED) is 0.101. The third kappa shape index (κ3) is 10.7. The highest BCUT2D eigenvalue weighted by Crippen LogP contribution is 2.51. The summed E-state index contributed by atoms with van der Waals surface area (Å²) in [5.74, 6) is -8.55. The number of aliphatic hydroxyl groups excluding tert-OH is 2. The minimum absolute atomic E-state index is 0.0162. The Morgan fingerprint density at radius 3 is 2.27 bits per heavy atom. The van der Waals surface area contributed by atoms with Crippen LogP contribution in [0.15, 0.2) is 76.5 Å². The fourth-order valence-corrected chi connectivity index (χ4v) is 10.1. The van der Waals surface area contributed by atoms with Gasteiger partial charge in [-0.2, -0.15) is 0 Å². The van der Waals surface area contributed by atoms with E-state index in [1.54, 1.807) is 71.0 Å². The molecule has 0 aromatic heterocycles. The number of nitrogens with one attached hydrogen (secondary N) is 1. The molecule has 71 heavy (non-hydrogen) atoms. The van der Waals surface area contributed by atoms with Crippen molar-refractivity contribution in [1.29, 1.82) is 0 Å². The summed E-state index contributed by atoms with van der Waals surface area (Å²) in [4.78, 5) is 67.2. The number of benzene rings is 3. The van der Waals surface area contributed by atoms with Crippen LogP contribution in [0.2, 0.25) is 0 Å². The number of ketones is 1. The minimum Gasteiger partial charge on any atom is -0.507 e. The Morgan fingerprint density at radius 1 is 0.915 bits per heavy atom. The average Bonchev–Trinajstić information content (AvgIpc) is 3.84. The fraction of sp³-hybridized carbons (Fsp3) is 0.519. The number of phenolic OH excluding ortho intramolecular Hbond substituents is 2. The zero-order chi connectivity index (χ0) is 51.7. The van der Waals surface area contributed by atoms with E-state index in [0.29, 0.717) is 37.5 Å². The molecule has 8 rings (SSSR count). The molecule has 17 nitrogen and oxygen atoms in total. The molecular formula is C54H68N4O13. The second kappa shape index (κ2) is 21.3. The number of Topliss-reactive ketones (excluding diaryl/α,β-unsaturated/α-hetero) is 1. The number of amides is 1. The molecule has 1 saturated heterocycles. The van der Waals surface area contributed by atoms with E-state index >= 15 is 0 Å². The van der Waals surface area contributed by atoms with Crippen LogP contribution in [-0.2, 0) is 39.9 Å². The number of aliphatic hydroxyl groups is 2. The van der Waals surface area contributed by atoms with Crippen molar-refractivity contribution >= 4 is 40.1 Å². The molecule has 5 heterocycles. The lowest BCUT2D eigenvalue weighted by Gasteiger charge is -2.38. The SMILES string of the molecule is CO[C@H]1/C=C/O[C@@]2(C)Oc3c(C)c(O)c4c(O)c(c5c(c4c3C2=O)NC2(CCN(CC(C)C)CC2)N=5)=NC(=O)/C(C)=C\C=C\[C@H](C)[C@H](O)[C@@H](C)[C@@H](O)[C@@H](C)[C@H](OC(=O)CC(=O)OCc2ccccc2)[C@@H]1C. The Hall–Kier alpha value is -6.14. The summed E-state index contributed by atoms with van der Waals surface area (Å²) >= 11 is 0. The number of ether oxygens (including phenoxy) is 5. The number of fused-ring (bicyclic) bond motifs is 13. The van der Waals surface area contributed by atoms with Crippen LogP contribution in [0.3, 0.4) is 0 Å². The van der Waals surface area contributed by atoms with Crippen molar-refractivity contribution in [2.24, 2.45) is 39.6 Å². The van der Waals surface area contributed by atoms with Gasteiger partial charge in [0.15, 0.2) is 5.75 Å². The maximum absolute atomic E-state index is 14.9. The molecule has 382 valence electrons. The van der Waals surface area contributed by atoms with Crippen molar-refractivity contribution in [3.05, 3.63) is 93.9 Å². The number of allylic oxidation sites excluding steroid dienone is 2. The van der Waals surface area contributed by atoms with Crippen LogP contribution in [0, 0.1) is 36.5 Å². The van der Waals surface area contributed by atoms with Crippen LogP contribution in [-0.4, -0.2) is 112 Å². The number of carbonyl (C=O) groups excluding carboxylic acids is 4. The first kappa shape index (κ1) is 52.7. The van der Waals surface area contributed by atoms with Crippen molar-refractivity contribution in [2.45, 2.75) is 124 Å². The normalized spacial score (nSPS) is 29.6. The van der Waals surface area contributed by atoms with Crippen molar-refractivity contribution in [3.8, 4) is 17.2 Å². The van der Waals surface area contributed by atoms with Gasteiger partial charge >= 0.3 is 17.7 Å². The summed E-state index contributed by atoms with van der Waals surface area (Å²) in [5.41, 5.74) is 0.454. The largest absolute Gasteiger partial charge is 0.507 e. The van der Waals surface area contributed by atoms with Crippen LogP contribution < -0.4 is 20.8 Å². The number of nitrogens with zero attached hydrogens (tertiary/aromatic N) is 3. The van der Waals surface area contributed by atoms with Gasteiger partial charge in [0.05, 0.1) is 41.2 Å². The topological polar surface area (TPSA) is 235 Å². The van der Waals surface area contributed by atoms with Gasteiger partial charge < -0.3 is 54.3 Å². The first-order valence-corrected chi connectivity index (χ1v) is 24.4. The molecule has 1 spiro atoms. The second-order valence-corrected chi connectivity index (χ2v) is 20.2. The maximum Gasteiger partial charge on any atom is 0.317 e. The average molecular weight is 981 g/mol. The van der Waals surface area contributed by atoms with Gasteiger partial charge in [0, 0.05) is 86.7 Å². The number of methoxy groups -OCH3 is 1. The van der Waals surface area contributed by atoms with Crippen molar-refractivity contribution in [3.63, 3.8) is 0 Å². The van der Waals surface area contributed by atoms with E-state index in [0.717, 1.165) is 12.1 Å². The van der Waals surface area contributed by atoms with Gasteiger partial charge in [0.1, 0.15) is 47.0 Å². The number of hydrogen-bond acceptors (Lipinski definition) is 16. The van der Waals surface area contributed by atoms with Gasteiger partial charge in [0.2, 0.25) is 0 Å². The van der Waals surface area contributed by atoms with Crippen LogP contribution in [0.25, 0.3) is 10.8 Å². The zero-order valence-corrected chi connectivity index (χ0v) is 42.2. The Balaban J connectivity index is 1.30. The van der Waals surface area contributed by atoms with E-state index in [2.05, 4.69) is 29.1 Å². The number of carbonyl (C=O) groups is 4. The summed E-state index contributed by atoms with van der Waals surface area (Å²) in [6.45, 7) is 17.9. The molecular weight excluding hydrogens is 913 g/mol. The van der Waals surface area contributed by atoms with Crippen molar-refractivity contribution in [1.82, 2.24) is 4.90 Å². The van der Waals surface area contributed by atoms with Gasteiger partial charge in [-0.05, 0) is 31.4 Å². The highest BCUT2D eigenvalue weighted by molar-refractivity contribution is 6.21. The number of likely N-dealkylation sites (tertiary alicyclic amines) is 1. The van der Waals surface area contributed by atoms with E-state index in [4.69, 9.17) is 28.7 Å². The molecule has 0 unspecified atom stereocenters. The Morgan fingerprint density at radius 2 is 1.61 bits per heavy atom. The van der Waals surface area contributed by atoms with E-state index in [1.165, 1.54) is 39.4 Å². The predicted octanol–water partition coefficient (Wildman–Crippen LogP) is 5.86. The number of rotatable bonds is 8. The Bertz CT molecular complexity index is 2760. The number of esters is 2. The maximum atomic E-state index is 14.9. The summed E-state index contributed by atoms with van der Waals surface area (Å²) in [6.07, 6.45) is 3.49. The summed E-state index contributed by atoms with van der Waals surface area (Å²) in [6, 6.07) is 8.98. The standard InChI is InChI=1S/C54H68N4O13/c1-28(2)26-58-22-20-54(21-23-58)56-42-39-40-47(63)34(8)50-41(39)51(65)53(9,71-50)69-24-19-36(67-10)31(5)49(70-38(60)25-37(59)68-27-35-17-12-11-13-18-35)33(7)46(62)32(6)45(61)29(3)15-14-16-30(4)52(66)55-44(48(40)64)43(42)57-54/h11-19,24,28-29,31-33,36,45-46,49,56,61-64H,20-23,25-27H2,1-10H3/b15-14+,24-19+,30-16-,55-44?/t29-,31+,32+,33+,36-,45-,46+,49+,53-/m0/s1.